The fraction of sp³-hybridized carbons (Fsp3) is 0.524. The van der Waals surface area contributed by atoms with Gasteiger partial charge in [0.05, 0.1) is 12.8 Å². The van der Waals surface area contributed by atoms with Gasteiger partial charge in [-0.15, -0.1) is 0 Å². The molecule has 2 heterocycles. The summed E-state index contributed by atoms with van der Waals surface area (Å²) in [6.45, 7) is 9.24. The van der Waals surface area contributed by atoms with Crippen molar-refractivity contribution in [2.24, 2.45) is 0 Å². The van der Waals surface area contributed by atoms with Crippen LogP contribution in [0.4, 0.5) is 0 Å². The molecular weight excluding hydrogens is 354 g/mol. The van der Waals surface area contributed by atoms with Gasteiger partial charge in [-0.05, 0) is 43.1 Å². The number of hydrogen-bond acceptors (Lipinski definition) is 5. The van der Waals surface area contributed by atoms with Gasteiger partial charge >= 0.3 is 0 Å². The van der Waals surface area contributed by atoms with Crippen molar-refractivity contribution < 1.29 is 9.53 Å². The Kier molecular flexibility index (Phi) is 5.64. The number of rotatable bonds is 6. The van der Waals surface area contributed by atoms with Crippen molar-refractivity contribution in [3.05, 3.63) is 35.0 Å². The Morgan fingerprint density at radius 2 is 2.00 bits per heavy atom. The number of amides is 1. The Balaban J connectivity index is 1.37. The molecule has 0 bridgehead atoms. The monoisotopic (exact) mass is 383 g/mol. The highest BCUT2D eigenvalue weighted by atomic mass is 16.5. The molecule has 28 heavy (non-hydrogen) atoms. The lowest BCUT2D eigenvalue weighted by Gasteiger charge is -2.33. The molecule has 4 rings (SSSR count). The van der Waals surface area contributed by atoms with Gasteiger partial charge in [0.15, 0.2) is 0 Å². The molecule has 1 aliphatic carbocycles. The molecule has 150 valence electrons. The fourth-order valence-electron chi connectivity index (χ4n) is 4.16. The Hall–Kier alpha value is -2.38. The number of likely N-dealkylation sites (N-methyl/N-ethyl adjacent to an activating group) is 1. The van der Waals surface area contributed by atoms with E-state index in [4.69, 9.17) is 4.74 Å². The Morgan fingerprint density at radius 3 is 2.75 bits per heavy atom. The number of nitrogens with one attached hydrogen (secondary N) is 2. The van der Waals surface area contributed by atoms with E-state index in [9.17, 15) is 4.79 Å². The average Bonchev–Trinajstić information content (AvgIpc) is 3.18. The molecule has 1 amide bonds. The highest BCUT2D eigenvalue weighted by Crippen LogP contribution is 2.35. The van der Waals surface area contributed by atoms with E-state index in [2.05, 4.69) is 38.3 Å². The van der Waals surface area contributed by atoms with Crippen molar-refractivity contribution in [2.45, 2.75) is 19.8 Å². The maximum atomic E-state index is 12.7. The van der Waals surface area contributed by atoms with Gasteiger partial charge in [-0.25, -0.2) is 0 Å². The van der Waals surface area contributed by atoms with E-state index in [1.165, 1.54) is 5.56 Å². The average molecular weight is 383 g/mol. The minimum Gasteiger partial charge on any atom is -0.497 e. The second kappa shape index (κ2) is 8.32. The number of methoxy groups -OCH3 is 1. The SMILES string of the molecule is CCN1CCN(CCNC(=O)c2[nH]nc3c2CCc2cc(OC)ccc2-3)CC1. The summed E-state index contributed by atoms with van der Waals surface area (Å²) in [6.07, 6.45) is 1.70. The molecule has 2 N–H and O–H groups in total. The van der Waals surface area contributed by atoms with Gasteiger partial charge in [0, 0.05) is 50.4 Å². The predicted octanol–water partition coefficient (Wildman–Crippen LogP) is 1.55. The van der Waals surface area contributed by atoms with Crippen molar-refractivity contribution in [3.63, 3.8) is 0 Å². The zero-order valence-electron chi connectivity index (χ0n) is 16.8. The van der Waals surface area contributed by atoms with Crippen molar-refractivity contribution >= 4 is 5.91 Å². The molecule has 1 fully saturated rings. The number of piperazine rings is 1. The topological polar surface area (TPSA) is 73.5 Å². The highest BCUT2D eigenvalue weighted by Gasteiger charge is 2.25. The van der Waals surface area contributed by atoms with Gasteiger partial charge in [-0.1, -0.05) is 6.92 Å². The Morgan fingerprint density at radius 1 is 1.21 bits per heavy atom. The summed E-state index contributed by atoms with van der Waals surface area (Å²) in [7, 11) is 1.68. The second-order valence-corrected chi connectivity index (χ2v) is 7.48. The van der Waals surface area contributed by atoms with Crippen LogP contribution in [0.1, 0.15) is 28.5 Å². The summed E-state index contributed by atoms with van der Waals surface area (Å²) in [4.78, 5) is 17.6. The first-order valence-electron chi connectivity index (χ1n) is 10.2. The first kappa shape index (κ1) is 19.0. The lowest BCUT2D eigenvalue weighted by atomic mass is 9.89. The van der Waals surface area contributed by atoms with Gasteiger partial charge in [0.1, 0.15) is 11.4 Å². The standard InChI is InChI=1S/C21H29N5O2/c1-3-25-10-12-26(13-11-25)9-8-22-21(27)20-18-6-4-15-14-16(28-2)5-7-17(15)19(18)23-24-20/h5,7,14H,3-4,6,8-13H2,1-2H3,(H,22,27)(H,23,24). The molecule has 0 spiro atoms. The second-order valence-electron chi connectivity index (χ2n) is 7.48. The van der Waals surface area contributed by atoms with Crippen LogP contribution in [0.15, 0.2) is 18.2 Å². The van der Waals surface area contributed by atoms with Crippen molar-refractivity contribution in [2.75, 3.05) is 52.9 Å². The van der Waals surface area contributed by atoms with Crippen LogP contribution in [0.5, 0.6) is 5.75 Å². The van der Waals surface area contributed by atoms with E-state index >= 15 is 0 Å². The van der Waals surface area contributed by atoms with Crippen molar-refractivity contribution in [3.8, 4) is 17.0 Å². The van der Waals surface area contributed by atoms with Gasteiger partial charge in [0.25, 0.3) is 5.91 Å². The lowest BCUT2D eigenvalue weighted by Crippen LogP contribution is -2.48. The van der Waals surface area contributed by atoms with E-state index < -0.39 is 0 Å². The molecule has 7 heteroatoms. The third-order valence-corrected chi connectivity index (χ3v) is 5.93. The summed E-state index contributed by atoms with van der Waals surface area (Å²) in [5.74, 6) is 0.799. The molecular formula is C21H29N5O2. The number of benzene rings is 1. The number of carbonyl (C=O) groups is 1. The molecule has 2 aromatic rings. The van der Waals surface area contributed by atoms with E-state index in [1.807, 2.05) is 12.1 Å². The zero-order chi connectivity index (χ0) is 19.5. The summed E-state index contributed by atoms with van der Waals surface area (Å²) < 4.78 is 5.32. The van der Waals surface area contributed by atoms with Gasteiger partial charge in [0.2, 0.25) is 0 Å². The number of ether oxygens (including phenoxy) is 1. The number of fused-ring (bicyclic) bond motifs is 3. The molecule has 0 atom stereocenters. The van der Waals surface area contributed by atoms with Crippen LogP contribution >= 0.6 is 0 Å². The van der Waals surface area contributed by atoms with E-state index in [1.54, 1.807) is 7.11 Å². The molecule has 1 aliphatic heterocycles. The number of aromatic nitrogens is 2. The minimum absolute atomic E-state index is 0.0575. The molecule has 0 saturated carbocycles. The van der Waals surface area contributed by atoms with E-state index in [0.717, 1.165) is 74.7 Å². The predicted molar refractivity (Wildman–Crippen MR) is 109 cm³/mol. The fourth-order valence-corrected chi connectivity index (χ4v) is 4.16. The molecule has 2 aliphatic rings. The molecule has 0 radical (unpaired) electrons. The van der Waals surface area contributed by atoms with Gasteiger partial charge in [-0.2, -0.15) is 5.10 Å². The molecule has 1 aromatic heterocycles. The third kappa shape index (κ3) is 3.77. The van der Waals surface area contributed by atoms with Crippen molar-refractivity contribution in [1.29, 1.82) is 0 Å². The van der Waals surface area contributed by atoms with E-state index in [-0.39, 0.29) is 5.91 Å². The Bertz CT molecular complexity index is 839. The van der Waals surface area contributed by atoms with Gasteiger partial charge in [-0.3, -0.25) is 14.8 Å². The zero-order valence-corrected chi connectivity index (χ0v) is 16.8. The Labute approximate surface area is 166 Å². The first-order chi connectivity index (χ1) is 13.7. The highest BCUT2D eigenvalue weighted by molar-refractivity contribution is 5.96. The number of nitrogens with zero attached hydrogens (tertiary/aromatic N) is 3. The maximum absolute atomic E-state index is 12.7. The summed E-state index contributed by atoms with van der Waals surface area (Å²) in [5.41, 5.74) is 4.83. The number of H-pyrrole nitrogens is 1. The number of aryl methyl sites for hydroxylation is 1. The van der Waals surface area contributed by atoms with E-state index in [0.29, 0.717) is 12.2 Å². The maximum Gasteiger partial charge on any atom is 0.269 e. The van der Waals surface area contributed by atoms with Crippen LogP contribution in [0, 0.1) is 0 Å². The number of hydrogen-bond donors (Lipinski definition) is 2. The summed E-state index contributed by atoms with van der Waals surface area (Å²) in [5, 5.41) is 10.5. The lowest BCUT2D eigenvalue weighted by molar-refractivity contribution is 0.0932. The molecule has 0 unspecified atom stereocenters. The van der Waals surface area contributed by atoms with Gasteiger partial charge < -0.3 is 15.0 Å². The van der Waals surface area contributed by atoms with Crippen LogP contribution in [-0.2, 0) is 12.8 Å². The molecule has 1 aromatic carbocycles. The number of aromatic amines is 1. The molecule has 1 saturated heterocycles. The van der Waals surface area contributed by atoms with Crippen LogP contribution in [0.25, 0.3) is 11.3 Å². The first-order valence-corrected chi connectivity index (χ1v) is 10.2. The van der Waals surface area contributed by atoms with Crippen LogP contribution in [-0.4, -0.2) is 78.8 Å². The molecule has 7 nitrogen and oxygen atoms in total. The van der Waals surface area contributed by atoms with Crippen LogP contribution < -0.4 is 10.1 Å². The normalized spacial score (nSPS) is 17.1. The van der Waals surface area contributed by atoms with Crippen LogP contribution in [0.2, 0.25) is 0 Å². The summed E-state index contributed by atoms with van der Waals surface area (Å²) >= 11 is 0. The third-order valence-electron chi connectivity index (χ3n) is 5.93. The minimum atomic E-state index is -0.0575. The number of carbonyl (C=O) groups excluding carboxylic acids is 1. The van der Waals surface area contributed by atoms with Crippen LogP contribution in [0.3, 0.4) is 0 Å². The smallest absolute Gasteiger partial charge is 0.269 e. The quantitative estimate of drug-likeness (QED) is 0.792. The summed E-state index contributed by atoms with van der Waals surface area (Å²) in [6, 6.07) is 6.04. The largest absolute Gasteiger partial charge is 0.497 e. The van der Waals surface area contributed by atoms with Crippen molar-refractivity contribution in [1.82, 2.24) is 25.3 Å².